The SMILES string of the molecule is COc1cc([N+](=O)[O-])cc(/C=C2/NC(=O)N(Cc3cccc(C)c3)C2=O)c1O. The highest BCUT2D eigenvalue weighted by molar-refractivity contribution is 6.14. The normalized spacial score (nSPS) is 15.1. The number of nitrogens with one attached hydrogen (secondary N) is 1. The molecule has 0 atom stereocenters. The molecule has 1 saturated heterocycles. The molecule has 0 spiro atoms. The molecule has 9 nitrogen and oxygen atoms in total. The van der Waals surface area contributed by atoms with Crippen LogP contribution in [0.25, 0.3) is 6.08 Å². The second-order valence-corrected chi connectivity index (χ2v) is 6.21. The highest BCUT2D eigenvalue weighted by Crippen LogP contribution is 2.36. The first-order chi connectivity index (χ1) is 13.3. The molecular weight excluding hydrogens is 366 g/mol. The van der Waals surface area contributed by atoms with E-state index in [1.54, 1.807) is 6.07 Å². The van der Waals surface area contributed by atoms with Crippen LogP contribution < -0.4 is 10.1 Å². The van der Waals surface area contributed by atoms with E-state index >= 15 is 0 Å². The summed E-state index contributed by atoms with van der Waals surface area (Å²) < 4.78 is 4.93. The maximum Gasteiger partial charge on any atom is 0.329 e. The highest BCUT2D eigenvalue weighted by Gasteiger charge is 2.34. The number of nitro groups is 1. The van der Waals surface area contributed by atoms with Gasteiger partial charge in [-0.15, -0.1) is 0 Å². The molecule has 3 amide bonds. The van der Waals surface area contributed by atoms with Crippen molar-refractivity contribution >= 4 is 23.7 Å². The van der Waals surface area contributed by atoms with Crippen LogP contribution in [-0.2, 0) is 11.3 Å². The van der Waals surface area contributed by atoms with Gasteiger partial charge in [0, 0.05) is 11.6 Å². The van der Waals surface area contributed by atoms with Crippen LogP contribution in [0.3, 0.4) is 0 Å². The maximum atomic E-state index is 12.6. The summed E-state index contributed by atoms with van der Waals surface area (Å²) in [5.41, 5.74) is 1.33. The van der Waals surface area contributed by atoms with Crippen molar-refractivity contribution in [3.63, 3.8) is 0 Å². The molecule has 2 aromatic rings. The van der Waals surface area contributed by atoms with Crippen LogP contribution in [0.1, 0.15) is 16.7 Å². The number of aromatic hydroxyl groups is 1. The molecule has 3 rings (SSSR count). The molecule has 1 aliphatic heterocycles. The number of nitro benzene ring substituents is 1. The Balaban J connectivity index is 1.93. The van der Waals surface area contributed by atoms with E-state index in [1.807, 2.05) is 25.1 Å². The van der Waals surface area contributed by atoms with Crippen LogP contribution in [0.2, 0.25) is 0 Å². The Bertz CT molecular complexity index is 1010. The monoisotopic (exact) mass is 383 g/mol. The summed E-state index contributed by atoms with van der Waals surface area (Å²) in [5, 5.41) is 23.7. The molecule has 2 N–H and O–H groups in total. The minimum atomic E-state index is -0.650. The fraction of sp³-hybridized carbons (Fsp3) is 0.158. The molecule has 28 heavy (non-hydrogen) atoms. The first-order valence-electron chi connectivity index (χ1n) is 8.25. The van der Waals surface area contributed by atoms with Crippen molar-refractivity contribution in [2.45, 2.75) is 13.5 Å². The van der Waals surface area contributed by atoms with Crippen LogP contribution >= 0.6 is 0 Å². The number of phenolic OH excluding ortho intramolecular Hbond substituents is 1. The van der Waals surface area contributed by atoms with Gasteiger partial charge in [-0.1, -0.05) is 29.8 Å². The first-order valence-corrected chi connectivity index (χ1v) is 8.25. The Morgan fingerprint density at radius 2 is 2.04 bits per heavy atom. The van der Waals surface area contributed by atoms with E-state index in [4.69, 9.17) is 4.74 Å². The average molecular weight is 383 g/mol. The number of ether oxygens (including phenoxy) is 1. The van der Waals surface area contributed by atoms with Gasteiger partial charge in [0.25, 0.3) is 11.6 Å². The van der Waals surface area contributed by atoms with E-state index in [9.17, 15) is 24.8 Å². The zero-order valence-corrected chi connectivity index (χ0v) is 15.1. The van der Waals surface area contributed by atoms with Gasteiger partial charge in [0.15, 0.2) is 11.5 Å². The topological polar surface area (TPSA) is 122 Å². The van der Waals surface area contributed by atoms with Gasteiger partial charge < -0.3 is 15.2 Å². The Labute approximate surface area is 160 Å². The molecule has 0 unspecified atom stereocenters. The number of methoxy groups -OCH3 is 1. The number of urea groups is 1. The number of rotatable bonds is 5. The van der Waals surface area contributed by atoms with Gasteiger partial charge in [0.2, 0.25) is 0 Å². The zero-order valence-electron chi connectivity index (χ0n) is 15.1. The lowest BCUT2D eigenvalue weighted by Crippen LogP contribution is -2.30. The minimum Gasteiger partial charge on any atom is -0.504 e. The second kappa shape index (κ2) is 7.39. The van der Waals surface area contributed by atoms with Crippen molar-refractivity contribution in [3.05, 3.63) is 68.9 Å². The fourth-order valence-electron chi connectivity index (χ4n) is 2.85. The number of amides is 3. The lowest BCUT2D eigenvalue weighted by atomic mass is 10.1. The van der Waals surface area contributed by atoms with Gasteiger partial charge >= 0.3 is 6.03 Å². The van der Waals surface area contributed by atoms with E-state index in [0.29, 0.717) is 0 Å². The quantitative estimate of drug-likeness (QED) is 0.354. The molecule has 0 aliphatic carbocycles. The predicted molar refractivity (Wildman–Crippen MR) is 99.6 cm³/mol. The number of hydrogen-bond donors (Lipinski definition) is 2. The molecule has 0 radical (unpaired) electrons. The standard InChI is InChI=1S/C19H17N3O6/c1-11-4-3-5-12(6-11)10-21-18(24)15(20-19(21)25)8-13-7-14(22(26)27)9-16(28-2)17(13)23/h3-9,23H,10H2,1-2H3,(H,20,25)/b15-8+. The number of non-ortho nitro benzene ring substituents is 1. The smallest absolute Gasteiger partial charge is 0.329 e. The zero-order chi connectivity index (χ0) is 20.4. The van der Waals surface area contributed by atoms with Gasteiger partial charge in [-0.25, -0.2) is 4.79 Å². The predicted octanol–water partition coefficient (Wildman–Crippen LogP) is 2.71. The molecule has 1 aliphatic rings. The Morgan fingerprint density at radius 1 is 1.29 bits per heavy atom. The van der Waals surface area contributed by atoms with E-state index in [0.717, 1.165) is 28.2 Å². The summed E-state index contributed by atoms with van der Waals surface area (Å²) in [6, 6.07) is 8.93. The first kappa shape index (κ1) is 18.9. The van der Waals surface area contributed by atoms with E-state index in [-0.39, 0.29) is 35.0 Å². The Kier molecular flexibility index (Phi) is 4.99. The minimum absolute atomic E-state index is 0.0212. The third-order valence-corrected chi connectivity index (χ3v) is 4.21. The highest BCUT2D eigenvalue weighted by atomic mass is 16.6. The number of hydrogen-bond acceptors (Lipinski definition) is 6. The summed E-state index contributed by atoms with van der Waals surface area (Å²) in [6.07, 6.45) is 1.18. The molecular formula is C19H17N3O6. The van der Waals surface area contributed by atoms with Crippen molar-refractivity contribution < 1.29 is 24.4 Å². The summed E-state index contributed by atoms with van der Waals surface area (Å²) in [6.45, 7) is 1.98. The van der Waals surface area contributed by atoms with Crippen LogP contribution in [0.4, 0.5) is 10.5 Å². The van der Waals surface area contributed by atoms with Gasteiger partial charge in [-0.05, 0) is 18.6 Å². The number of carbonyl (C=O) groups excluding carboxylic acids is 2. The Hall–Kier alpha value is -3.88. The van der Waals surface area contributed by atoms with Crippen molar-refractivity contribution in [1.82, 2.24) is 10.2 Å². The second-order valence-electron chi connectivity index (χ2n) is 6.21. The molecule has 1 heterocycles. The maximum absolute atomic E-state index is 12.6. The van der Waals surface area contributed by atoms with Crippen LogP contribution in [-0.4, -0.2) is 34.0 Å². The molecule has 0 bridgehead atoms. The number of benzene rings is 2. The van der Waals surface area contributed by atoms with E-state index in [2.05, 4.69) is 5.32 Å². The molecule has 9 heteroatoms. The summed E-state index contributed by atoms with van der Waals surface area (Å²) in [7, 11) is 1.25. The van der Waals surface area contributed by atoms with Crippen LogP contribution in [0.5, 0.6) is 11.5 Å². The lowest BCUT2D eigenvalue weighted by Gasteiger charge is -2.12. The molecule has 0 aromatic heterocycles. The number of aryl methyl sites for hydroxylation is 1. The van der Waals surface area contributed by atoms with Gasteiger partial charge in [-0.2, -0.15) is 0 Å². The third kappa shape index (κ3) is 3.63. The van der Waals surface area contributed by atoms with Crippen molar-refractivity contribution in [2.75, 3.05) is 7.11 Å². The van der Waals surface area contributed by atoms with Crippen molar-refractivity contribution in [1.29, 1.82) is 0 Å². The summed E-state index contributed by atoms with van der Waals surface area (Å²) in [4.78, 5) is 36.3. The Morgan fingerprint density at radius 3 is 2.68 bits per heavy atom. The summed E-state index contributed by atoms with van der Waals surface area (Å²) >= 11 is 0. The number of carbonyl (C=O) groups is 2. The van der Waals surface area contributed by atoms with Crippen LogP contribution in [0.15, 0.2) is 42.1 Å². The number of phenols is 1. The average Bonchev–Trinajstić information content (AvgIpc) is 2.90. The molecule has 144 valence electrons. The molecule has 1 fully saturated rings. The van der Waals surface area contributed by atoms with Gasteiger partial charge in [-0.3, -0.25) is 19.8 Å². The summed E-state index contributed by atoms with van der Waals surface area (Å²) in [5.74, 6) is -1.09. The molecule has 0 saturated carbocycles. The number of nitrogens with zero attached hydrogens (tertiary/aromatic N) is 2. The van der Waals surface area contributed by atoms with E-state index < -0.39 is 16.9 Å². The number of imide groups is 1. The lowest BCUT2D eigenvalue weighted by molar-refractivity contribution is -0.385. The van der Waals surface area contributed by atoms with Gasteiger partial charge in [0.05, 0.1) is 24.6 Å². The van der Waals surface area contributed by atoms with Crippen molar-refractivity contribution in [3.8, 4) is 11.5 Å². The van der Waals surface area contributed by atoms with E-state index in [1.165, 1.54) is 13.2 Å². The fourth-order valence-corrected chi connectivity index (χ4v) is 2.85. The third-order valence-electron chi connectivity index (χ3n) is 4.21. The van der Waals surface area contributed by atoms with Crippen LogP contribution in [0, 0.1) is 17.0 Å². The van der Waals surface area contributed by atoms with Gasteiger partial charge in [0.1, 0.15) is 5.70 Å². The largest absolute Gasteiger partial charge is 0.504 e. The molecule has 2 aromatic carbocycles. The van der Waals surface area contributed by atoms with Crippen molar-refractivity contribution in [2.24, 2.45) is 0 Å².